The maximum absolute atomic E-state index is 12.1. The van der Waals surface area contributed by atoms with E-state index in [4.69, 9.17) is 0 Å². The van der Waals surface area contributed by atoms with Crippen molar-refractivity contribution in [2.75, 3.05) is 6.54 Å². The van der Waals surface area contributed by atoms with E-state index < -0.39 is 5.60 Å². The molecule has 2 unspecified atom stereocenters. The van der Waals surface area contributed by atoms with E-state index in [1.807, 2.05) is 20.9 Å². The summed E-state index contributed by atoms with van der Waals surface area (Å²) in [5.74, 6) is 0.490. The Balaban J connectivity index is 1.90. The van der Waals surface area contributed by atoms with Crippen LogP contribution in [0.4, 0.5) is 0 Å². The monoisotopic (exact) mass is 293 g/mol. The maximum atomic E-state index is 12.1. The average Bonchev–Trinajstić information content (AvgIpc) is 2.63. The van der Waals surface area contributed by atoms with Crippen LogP contribution >= 0.6 is 0 Å². The zero-order chi connectivity index (χ0) is 15.6. The minimum atomic E-state index is -0.730. The van der Waals surface area contributed by atoms with E-state index >= 15 is 0 Å². The number of aryl methyl sites for hydroxylation is 2. The molecular weight excluding hydrogens is 266 g/mol. The first kappa shape index (κ1) is 16.0. The van der Waals surface area contributed by atoms with E-state index in [0.717, 1.165) is 36.2 Å². The zero-order valence-electron chi connectivity index (χ0n) is 13.6. The molecule has 0 saturated heterocycles. The Bertz CT molecular complexity index is 524. The second-order valence-corrected chi connectivity index (χ2v) is 6.65. The van der Waals surface area contributed by atoms with Crippen molar-refractivity contribution in [1.29, 1.82) is 0 Å². The Morgan fingerprint density at radius 1 is 1.52 bits per heavy atom. The van der Waals surface area contributed by atoms with Crippen LogP contribution in [0, 0.1) is 19.8 Å². The molecule has 1 amide bonds. The predicted molar refractivity (Wildman–Crippen MR) is 82.0 cm³/mol. The molecule has 5 nitrogen and oxygen atoms in total. The summed E-state index contributed by atoms with van der Waals surface area (Å²) in [6.45, 7) is 6.41. The SMILES string of the molecule is Cc1nn(C)c(C)c1CC(=O)NCC1(O)CCCC(C)C1. The van der Waals surface area contributed by atoms with E-state index in [9.17, 15) is 9.90 Å². The minimum absolute atomic E-state index is 0.0409. The van der Waals surface area contributed by atoms with Gasteiger partial charge in [0.1, 0.15) is 0 Å². The molecule has 0 bridgehead atoms. The van der Waals surface area contributed by atoms with Gasteiger partial charge in [-0.05, 0) is 32.6 Å². The standard InChI is InChI=1S/C16H27N3O2/c1-11-6-5-7-16(21,9-11)10-17-15(20)8-14-12(2)18-19(4)13(14)3/h11,21H,5-10H2,1-4H3,(H,17,20). The van der Waals surface area contributed by atoms with Crippen molar-refractivity contribution >= 4 is 5.91 Å². The van der Waals surface area contributed by atoms with Crippen molar-refractivity contribution in [2.24, 2.45) is 13.0 Å². The average molecular weight is 293 g/mol. The molecule has 2 rings (SSSR count). The van der Waals surface area contributed by atoms with E-state index in [2.05, 4.69) is 17.3 Å². The third-order valence-electron chi connectivity index (χ3n) is 4.68. The lowest BCUT2D eigenvalue weighted by molar-refractivity contribution is -0.122. The number of amides is 1. The highest BCUT2D eigenvalue weighted by Crippen LogP contribution is 2.31. The highest BCUT2D eigenvalue weighted by Gasteiger charge is 2.32. The Morgan fingerprint density at radius 3 is 2.81 bits per heavy atom. The fraction of sp³-hybridized carbons (Fsp3) is 0.750. The molecule has 1 aromatic heterocycles. The van der Waals surface area contributed by atoms with Crippen LogP contribution in [0.5, 0.6) is 0 Å². The molecule has 1 heterocycles. The third-order valence-corrected chi connectivity index (χ3v) is 4.68. The molecule has 1 aliphatic rings. The summed E-state index contributed by atoms with van der Waals surface area (Å²) in [6, 6.07) is 0. The molecule has 0 spiro atoms. The summed E-state index contributed by atoms with van der Waals surface area (Å²) >= 11 is 0. The second kappa shape index (κ2) is 6.18. The van der Waals surface area contributed by atoms with Crippen LogP contribution in [0.15, 0.2) is 0 Å². The molecule has 1 fully saturated rings. The zero-order valence-corrected chi connectivity index (χ0v) is 13.6. The number of nitrogens with zero attached hydrogens (tertiary/aromatic N) is 2. The van der Waals surface area contributed by atoms with Crippen LogP contribution in [0.3, 0.4) is 0 Å². The van der Waals surface area contributed by atoms with Crippen molar-refractivity contribution < 1.29 is 9.90 Å². The predicted octanol–water partition coefficient (Wildman–Crippen LogP) is 1.64. The van der Waals surface area contributed by atoms with Gasteiger partial charge in [-0.2, -0.15) is 5.10 Å². The molecule has 21 heavy (non-hydrogen) atoms. The van der Waals surface area contributed by atoms with Gasteiger partial charge in [-0.1, -0.05) is 19.8 Å². The molecule has 0 aliphatic heterocycles. The first-order valence-electron chi connectivity index (χ1n) is 7.79. The Labute approximate surface area is 126 Å². The number of aromatic nitrogens is 2. The van der Waals surface area contributed by atoms with Crippen LogP contribution in [-0.4, -0.2) is 32.9 Å². The van der Waals surface area contributed by atoms with Gasteiger partial charge in [0, 0.05) is 24.8 Å². The quantitative estimate of drug-likeness (QED) is 0.887. The second-order valence-electron chi connectivity index (χ2n) is 6.65. The van der Waals surface area contributed by atoms with E-state index in [1.54, 1.807) is 4.68 Å². The largest absolute Gasteiger partial charge is 0.388 e. The first-order chi connectivity index (χ1) is 9.81. The minimum Gasteiger partial charge on any atom is -0.388 e. The molecular formula is C16H27N3O2. The van der Waals surface area contributed by atoms with Gasteiger partial charge in [0.15, 0.2) is 0 Å². The molecule has 1 aliphatic carbocycles. The molecule has 5 heteroatoms. The van der Waals surface area contributed by atoms with Crippen LogP contribution in [-0.2, 0) is 18.3 Å². The molecule has 1 aromatic rings. The molecule has 118 valence electrons. The normalized spacial score (nSPS) is 25.9. The number of hydrogen-bond acceptors (Lipinski definition) is 3. The summed E-state index contributed by atoms with van der Waals surface area (Å²) in [6.07, 6.45) is 4.09. The lowest BCUT2D eigenvalue weighted by Gasteiger charge is -2.35. The summed E-state index contributed by atoms with van der Waals surface area (Å²) in [4.78, 5) is 12.1. The summed E-state index contributed by atoms with van der Waals surface area (Å²) in [5.41, 5.74) is 2.17. The van der Waals surface area contributed by atoms with Gasteiger partial charge in [0.2, 0.25) is 5.91 Å². The Hall–Kier alpha value is -1.36. The number of aliphatic hydroxyl groups is 1. The lowest BCUT2D eigenvalue weighted by atomic mass is 9.79. The molecule has 2 N–H and O–H groups in total. The Morgan fingerprint density at radius 2 is 2.24 bits per heavy atom. The fourth-order valence-corrected chi connectivity index (χ4v) is 3.35. The molecule has 1 saturated carbocycles. The fourth-order valence-electron chi connectivity index (χ4n) is 3.35. The van der Waals surface area contributed by atoms with Crippen LogP contribution in [0.2, 0.25) is 0 Å². The number of nitrogens with one attached hydrogen (secondary N) is 1. The maximum Gasteiger partial charge on any atom is 0.224 e. The summed E-state index contributed by atoms with van der Waals surface area (Å²) in [5, 5.41) is 17.8. The van der Waals surface area contributed by atoms with Crippen molar-refractivity contribution in [2.45, 2.75) is 58.5 Å². The van der Waals surface area contributed by atoms with Crippen LogP contribution in [0.25, 0.3) is 0 Å². The third kappa shape index (κ3) is 3.84. The van der Waals surface area contributed by atoms with Crippen molar-refractivity contribution in [1.82, 2.24) is 15.1 Å². The van der Waals surface area contributed by atoms with Gasteiger partial charge in [0.25, 0.3) is 0 Å². The van der Waals surface area contributed by atoms with Crippen LogP contribution in [0.1, 0.15) is 49.6 Å². The number of rotatable bonds is 4. The Kier molecular flexibility index (Phi) is 4.71. The first-order valence-corrected chi connectivity index (χ1v) is 7.79. The smallest absolute Gasteiger partial charge is 0.224 e. The molecule has 2 atom stereocenters. The van der Waals surface area contributed by atoms with Gasteiger partial charge in [-0.25, -0.2) is 0 Å². The van der Waals surface area contributed by atoms with Gasteiger partial charge in [-0.15, -0.1) is 0 Å². The number of hydrogen-bond donors (Lipinski definition) is 2. The van der Waals surface area contributed by atoms with Gasteiger partial charge in [0.05, 0.1) is 17.7 Å². The topological polar surface area (TPSA) is 67.2 Å². The van der Waals surface area contributed by atoms with Gasteiger partial charge < -0.3 is 10.4 Å². The van der Waals surface area contributed by atoms with E-state index in [-0.39, 0.29) is 5.91 Å². The lowest BCUT2D eigenvalue weighted by Crippen LogP contribution is -2.46. The number of carbonyl (C=O) groups is 1. The number of carbonyl (C=O) groups excluding carboxylic acids is 1. The van der Waals surface area contributed by atoms with E-state index in [0.29, 0.717) is 18.9 Å². The highest BCUT2D eigenvalue weighted by molar-refractivity contribution is 5.79. The van der Waals surface area contributed by atoms with Crippen molar-refractivity contribution in [3.8, 4) is 0 Å². The highest BCUT2D eigenvalue weighted by atomic mass is 16.3. The van der Waals surface area contributed by atoms with Crippen molar-refractivity contribution in [3.05, 3.63) is 17.0 Å². The van der Waals surface area contributed by atoms with Gasteiger partial charge >= 0.3 is 0 Å². The summed E-state index contributed by atoms with van der Waals surface area (Å²) in [7, 11) is 1.88. The molecule has 0 aromatic carbocycles. The summed E-state index contributed by atoms with van der Waals surface area (Å²) < 4.78 is 1.80. The van der Waals surface area contributed by atoms with Gasteiger partial charge in [-0.3, -0.25) is 9.48 Å². The van der Waals surface area contributed by atoms with Crippen molar-refractivity contribution in [3.63, 3.8) is 0 Å². The molecule has 0 radical (unpaired) electrons. The van der Waals surface area contributed by atoms with Crippen LogP contribution < -0.4 is 5.32 Å². The van der Waals surface area contributed by atoms with E-state index in [1.165, 1.54) is 6.42 Å².